The van der Waals surface area contributed by atoms with Gasteiger partial charge in [-0.15, -0.1) is 0 Å². The average molecular weight is 324 g/mol. The largest absolute Gasteiger partial charge is 0.481 e. The first-order chi connectivity index (χ1) is 11.1. The molecule has 130 valence electrons. The van der Waals surface area contributed by atoms with E-state index in [-0.39, 0.29) is 41.8 Å². The molecule has 0 aromatic rings. The summed E-state index contributed by atoms with van der Waals surface area (Å²) >= 11 is 0. The van der Waals surface area contributed by atoms with Gasteiger partial charge in [-0.25, -0.2) is 0 Å². The molecule has 0 amide bonds. The Bertz CT molecular complexity index is 441. The van der Waals surface area contributed by atoms with Crippen LogP contribution >= 0.6 is 0 Å². The molecule has 0 saturated heterocycles. The Kier molecular flexibility index (Phi) is 5.24. The van der Waals surface area contributed by atoms with Gasteiger partial charge in [0.05, 0.1) is 17.9 Å². The summed E-state index contributed by atoms with van der Waals surface area (Å²) in [5.74, 6) is -0.653. The fourth-order valence-electron chi connectivity index (χ4n) is 4.92. The third-order valence-corrected chi connectivity index (χ3v) is 6.27. The van der Waals surface area contributed by atoms with E-state index in [0.29, 0.717) is 32.1 Å². The number of aliphatic carboxylic acids is 1. The number of aliphatic hydroxyl groups is 1. The van der Waals surface area contributed by atoms with Crippen LogP contribution in [0.1, 0.15) is 64.2 Å². The molecule has 3 aliphatic rings. The zero-order valence-corrected chi connectivity index (χ0v) is 13.7. The van der Waals surface area contributed by atoms with Gasteiger partial charge in [0, 0.05) is 0 Å². The molecule has 0 aromatic heterocycles. The fraction of sp³-hybridized carbons (Fsp3) is 0.889. The van der Waals surface area contributed by atoms with E-state index in [9.17, 15) is 14.7 Å². The highest BCUT2D eigenvalue weighted by atomic mass is 16.5. The van der Waals surface area contributed by atoms with E-state index in [2.05, 4.69) is 0 Å². The first-order valence-electron chi connectivity index (χ1n) is 9.17. The van der Waals surface area contributed by atoms with Crippen molar-refractivity contribution in [1.29, 1.82) is 0 Å². The molecular formula is C18H28O5. The molecule has 3 fully saturated rings. The van der Waals surface area contributed by atoms with Crippen molar-refractivity contribution in [2.24, 2.45) is 23.7 Å². The smallest absolute Gasteiger partial charge is 0.309 e. The molecule has 23 heavy (non-hydrogen) atoms. The predicted molar refractivity (Wildman–Crippen MR) is 83.7 cm³/mol. The molecule has 5 nitrogen and oxygen atoms in total. The Morgan fingerprint density at radius 1 is 0.826 bits per heavy atom. The first-order valence-corrected chi connectivity index (χ1v) is 9.17. The third kappa shape index (κ3) is 3.70. The number of carboxylic acid groups (broad SMARTS) is 1. The van der Waals surface area contributed by atoms with E-state index >= 15 is 0 Å². The number of carbonyl (C=O) groups is 2. The van der Waals surface area contributed by atoms with Crippen molar-refractivity contribution in [2.75, 3.05) is 0 Å². The summed E-state index contributed by atoms with van der Waals surface area (Å²) in [4.78, 5) is 23.6. The highest BCUT2D eigenvalue weighted by molar-refractivity contribution is 5.73. The van der Waals surface area contributed by atoms with Gasteiger partial charge in [-0.1, -0.05) is 12.8 Å². The van der Waals surface area contributed by atoms with Crippen LogP contribution in [0.25, 0.3) is 0 Å². The highest BCUT2D eigenvalue weighted by Gasteiger charge is 2.44. The molecule has 4 atom stereocenters. The van der Waals surface area contributed by atoms with Crippen molar-refractivity contribution >= 4 is 11.9 Å². The summed E-state index contributed by atoms with van der Waals surface area (Å²) < 4.78 is 5.73. The zero-order valence-electron chi connectivity index (χ0n) is 13.7. The maximum absolute atomic E-state index is 12.6. The molecule has 0 bridgehead atoms. The van der Waals surface area contributed by atoms with Crippen molar-refractivity contribution in [2.45, 2.75) is 76.4 Å². The second kappa shape index (κ2) is 7.20. The molecule has 0 radical (unpaired) electrons. The predicted octanol–water partition coefficient (Wildman–Crippen LogP) is 2.75. The average Bonchev–Trinajstić information content (AvgIpc) is 2.56. The number of hydrogen-bond acceptors (Lipinski definition) is 4. The highest BCUT2D eigenvalue weighted by Crippen LogP contribution is 2.44. The van der Waals surface area contributed by atoms with Crippen LogP contribution in [0.3, 0.4) is 0 Å². The lowest BCUT2D eigenvalue weighted by atomic mass is 9.64. The number of ether oxygens (including phenoxy) is 1. The minimum absolute atomic E-state index is 0.0686. The van der Waals surface area contributed by atoms with E-state index < -0.39 is 5.97 Å². The van der Waals surface area contributed by atoms with Crippen molar-refractivity contribution in [3.63, 3.8) is 0 Å². The number of aliphatic hydroxyl groups excluding tert-OH is 1. The Hall–Kier alpha value is -1.10. The van der Waals surface area contributed by atoms with Gasteiger partial charge in [-0.3, -0.25) is 9.59 Å². The first kappa shape index (κ1) is 16.7. The van der Waals surface area contributed by atoms with Gasteiger partial charge in [0.1, 0.15) is 6.10 Å². The zero-order chi connectivity index (χ0) is 16.4. The minimum atomic E-state index is -0.735. The van der Waals surface area contributed by atoms with E-state index in [0.717, 1.165) is 32.1 Å². The van der Waals surface area contributed by atoms with Crippen LogP contribution in [0.2, 0.25) is 0 Å². The van der Waals surface area contributed by atoms with Gasteiger partial charge in [-0.05, 0) is 63.2 Å². The summed E-state index contributed by atoms with van der Waals surface area (Å²) in [6.45, 7) is 0. The molecular weight excluding hydrogens is 296 g/mol. The van der Waals surface area contributed by atoms with Gasteiger partial charge in [0.2, 0.25) is 0 Å². The number of fused-ring (bicyclic) bond motifs is 1. The number of hydrogen-bond donors (Lipinski definition) is 2. The second-order valence-electron chi connectivity index (χ2n) is 7.61. The molecule has 0 spiro atoms. The van der Waals surface area contributed by atoms with Crippen LogP contribution in [0.15, 0.2) is 0 Å². The van der Waals surface area contributed by atoms with Gasteiger partial charge < -0.3 is 14.9 Å². The quantitative estimate of drug-likeness (QED) is 0.780. The maximum Gasteiger partial charge on any atom is 0.309 e. The molecule has 3 rings (SSSR count). The van der Waals surface area contributed by atoms with Crippen molar-refractivity contribution in [3.05, 3.63) is 0 Å². The van der Waals surface area contributed by atoms with Crippen molar-refractivity contribution < 1.29 is 24.5 Å². The summed E-state index contributed by atoms with van der Waals surface area (Å²) in [7, 11) is 0. The van der Waals surface area contributed by atoms with E-state index in [1.165, 1.54) is 0 Å². The lowest BCUT2D eigenvalue weighted by molar-refractivity contribution is -0.164. The standard InChI is InChI=1S/C18H28O5/c19-16-10-9-15(13-3-1-2-4-14(13)16)18(22)23-12-7-5-11(6-8-12)17(20)21/h11-16,19H,1-10H2,(H,20,21). The lowest BCUT2D eigenvalue weighted by Gasteiger charge is -2.43. The minimum Gasteiger partial charge on any atom is -0.481 e. The number of esters is 1. The van der Waals surface area contributed by atoms with E-state index in [1.54, 1.807) is 0 Å². The Labute approximate surface area is 137 Å². The van der Waals surface area contributed by atoms with Crippen LogP contribution in [0.5, 0.6) is 0 Å². The molecule has 0 aliphatic heterocycles. The van der Waals surface area contributed by atoms with Crippen molar-refractivity contribution in [3.8, 4) is 0 Å². The van der Waals surface area contributed by atoms with Crippen LogP contribution in [0.4, 0.5) is 0 Å². The van der Waals surface area contributed by atoms with Gasteiger partial charge >= 0.3 is 11.9 Å². The summed E-state index contributed by atoms with van der Waals surface area (Å²) in [6, 6.07) is 0. The summed E-state index contributed by atoms with van der Waals surface area (Å²) in [5, 5.41) is 19.2. The fourth-order valence-corrected chi connectivity index (χ4v) is 4.92. The van der Waals surface area contributed by atoms with Gasteiger partial charge in [0.25, 0.3) is 0 Å². The molecule has 3 saturated carbocycles. The number of rotatable bonds is 3. The lowest BCUT2D eigenvalue weighted by Crippen LogP contribution is -2.44. The maximum atomic E-state index is 12.6. The molecule has 0 heterocycles. The molecule has 5 heteroatoms. The van der Waals surface area contributed by atoms with Gasteiger partial charge in [0.15, 0.2) is 0 Å². The number of carbonyl (C=O) groups excluding carboxylic acids is 1. The van der Waals surface area contributed by atoms with Crippen LogP contribution < -0.4 is 0 Å². The summed E-state index contributed by atoms with van der Waals surface area (Å²) in [6.07, 6.45) is 7.91. The van der Waals surface area contributed by atoms with Gasteiger partial charge in [-0.2, -0.15) is 0 Å². The summed E-state index contributed by atoms with van der Waals surface area (Å²) in [5.41, 5.74) is 0. The number of carboxylic acids is 1. The third-order valence-electron chi connectivity index (χ3n) is 6.27. The Balaban J connectivity index is 1.55. The Morgan fingerprint density at radius 3 is 2.13 bits per heavy atom. The van der Waals surface area contributed by atoms with Crippen LogP contribution in [0, 0.1) is 23.7 Å². The Morgan fingerprint density at radius 2 is 1.48 bits per heavy atom. The van der Waals surface area contributed by atoms with E-state index in [4.69, 9.17) is 9.84 Å². The normalized spacial score (nSPS) is 40.9. The molecule has 0 aromatic carbocycles. The monoisotopic (exact) mass is 324 g/mol. The molecule has 4 unspecified atom stereocenters. The van der Waals surface area contributed by atoms with E-state index in [1.807, 2.05) is 0 Å². The van der Waals surface area contributed by atoms with Crippen LogP contribution in [-0.2, 0) is 14.3 Å². The second-order valence-corrected chi connectivity index (χ2v) is 7.61. The van der Waals surface area contributed by atoms with Crippen LogP contribution in [-0.4, -0.2) is 34.4 Å². The SMILES string of the molecule is O=C(O)C1CCC(OC(=O)C2CCC(O)C3CCCCC23)CC1. The van der Waals surface area contributed by atoms with Crippen molar-refractivity contribution in [1.82, 2.24) is 0 Å². The topological polar surface area (TPSA) is 83.8 Å². The molecule has 3 aliphatic carbocycles. The molecule has 2 N–H and O–H groups in total.